The lowest BCUT2D eigenvalue weighted by molar-refractivity contribution is 0.0695. The molecule has 8 nitrogen and oxygen atoms in total. The van der Waals surface area contributed by atoms with Gasteiger partial charge in [-0.1, -0.05) is 24.3 Å². The molecule has 4 N–H and O–H groups in total. The summed E-state index contributed by atoms with van der Waals surface area (Å²) >= 11 is 0. The molecule has 9 heteroatoms. The third-order valence-corrected chi connectivity index (χ3v) is 5.11. The second-order valence-corrected chi connectivity index (χ2v) is 7.33. The number of carboxylic acid groups (broad SMARTS) is 1. The Morgan fingerprint density at radius 3 is 2.33 bits per heavy atom. The quantitative estimate of drug-likeness (QED) is 0.302. The molecular weight excluding hydrogens is 427 g/mol. The second kappa shape index (κ2) is 9.01. The van der Waals surface area contributed by atoms with Crippen LogP contribution in [0.2, 0.25) is 0 Å². The van der Waals surface area contributed by atoms with Gasteiger partial charge < -0.3 is 20.5 Å². The van der Waals surface area contributed by atoms with E-state index in [9.17, 15) is 19.1 Å². The smallest absolute Gasteiger partial charge is 0.341 e. The van der Waals surface area contributed by atoms with E-state index in [1.807, 2.05) is 0 Å². The zero-order valence-electron chi connectivity index (χ0n) is 17.3. The minimum Gasteiger partial charge on any atom is -0.477 e. The maximum absolute atomic E-state index is 14.8. The molecule has 0 aliphatic heterocycles. The Morgan fingerprint density at radius 2 is 1.70 bits per heavy atom. The normalized spacial score (nSPS) is 11.3. The molecule has 4 rings (SSSR count). The summed E-state index contributed by atoms with van der Waals surface area (Å²) in [6, 6.07) is 16.0. The van der Waals surface area contributed by atoms with Gasteiger partial charge in [0, 0.05) is 23.0 Å². The Bertz CT molecular complexity index is 1430. The van der Waals surface area contributed by atoms with Crippen molar-refractivity contribution in [1.29, 1.82) is 0 Å². The van der Waals surface area contributed by atoms with Crippen molar-refractivity contribution in [1.82, 2.24) is 4.57 Å². The average Bonchev–Trinajstić information content (AvgIpc) is 2.81. The molecular formula is C24H19FN4O4. The topological polar surface area (TPSA) is 130 Å². The van der Waals surface area contributed by atoms with Crippen LogP contribution in [0.5, 0.6) is 0 Å². The molecule has 0 amide bonds. The number of aliphatic hydroxyl groups excluding tert-OH is 1. The van der Waals surface area contributed by atoms with Crippen molar-refractivity contribution >= 4 is 28.2 Å². The van der Waals surface area contributed by atoms with E-state index >= 15 is 0 Å². The van der Waals surface area contributed by atoms with Crippen LogP contribution in [0.1, 0.15) is 21.5 Å². The molecule has 1 heterocycles. The standard InChI is InChI=1S/C24H19FN4O4/c25-20-9-18-22(10-21(20)28-27-11-14-1-3-15(13-30)4-2-14)29(12-19(23(18)31)24(32)33)17-7-5-16(26)6-8-17/h1-10,12,30H,11,13,26H2,(H,32,33). The summed E-state index contributed by atoms with van der Waals surface area (Å²) in [7, 11) is 0. The molecule has 0 radical (unpaired) electrons. The molecule has 0 fully saturated rings. The number of halogens is 1. The fourth-order valence-electron chi connectivity index (χ4n) is 3.36. The average molecular weight is 446 g/mol. The summed E-state index contributed by atoms with van der Waals surface area (Å²) in [5.41, 5.74) is 7.27. The molecule has 3 aromatic carbocycles. The molecule has 0 atom stereocenters. The van der Waals surface area contributed by atoms with Crippen molar-refractivity contribution in [3.05, 3.63) is 99.6 Å². The SMILES string of the molecule is Nc1ccc(-n2cc(C(=O)O)c(=O)c3cc(F)c(N=NCc4ccc(CO)cc4)cc32)cc1. The fourth-order valence-corrected chi connectivity index (χ4v) is 3.36. The Kier molecular flexibility index (Phi) is 5.97. The van der Waals surface area contributed by atoms with Crippen LogP contribution in [0.25, 0.3) is 16.6 Å². The molecule has 4 aromatic rings. The van der Waals surface area contributed by atoms with E-state index in [0.29, 0.717) is 11.4 Å². The molecule has 0 saturated carbocycles. The van der Waals surface area contributed by atoms with E-state index in [4.69, 9.17) is 10.8 Å². The van der Waals surface area contributed by atoms with E-state index in [-0.39, 0.29) is 29.7 Å². The number of aromatic nitrogens is 1. The van der Waals surface area contributed by atoms with E-state index in [0.717, 1.165) is 17.2 Å². The van der Waals surface area contributed by atoms with Gasteiger partial charge in [-0.25, -0.2) is 9.18 Å². The van der Waals surface area contributed by atoms with Gasteiger partial charge in [0.1, 0.15) is 11.3 Å². The van der Waals surface area contributed by atoms with Crippen molar-refractivity contribution < 1.29 is 19.4 Å². The zero-order chi connectivity index (χ0) is 23.5. The maximum Gasteiger partial charge on any atom is 0.341 e. The summed E-state index contributed by atoms with van der Waals surface area (Å²) in [4.78, 5) is 24.3. The number of aromatic carboxylic acids is 1. The van der Waals surface area contributed by atoms with Crippen molar-refractivity contribution in [3.8, 4) is 5.69 Å². The van der Waals surface area contributed by atoms with E-state index in [2.05, 4.69) is 10.2 Å². The van der Waals surface area contributed by atoms with Crippen LogP contribution < -0.4 is 11.2 Å². The zero-order valence-corrected chi connectivity index (χ0v) is 17.3. The van der Waals surface area contributed by atoms with Crippen molar-refractivity contribution in [2.45, 2.75) is 13.2 Å². The van der Waals surface area contributed by atoms with Crippen LogP contribution >= 0.6 is 0 Å². The highest BCUT2D eigenvalue weighted by Gasteiger charge is 2.18. The number of azo groups is 1. The van der Waals surface area contributed by atoms with Gasteiger partial charge in [-0.15, -0.1) is 0 Å². The lowest BCUT2D eigenvalue weighted by atomic mass is 10.1. The number of aliphatic hydroxyl groups is 1. The van der Waals surface area contributed by atoms with E-state index < -0.39 is 22.8 Å². The summed E-state index contributed by atoms with van der Waals surface area (Å²) in [5.74, 6) is -2.21. The van der Waals surface area contributed by atoms with Gasteiger partial charge in [-0.2, -0.15) is 10.2 Å². The first-order valence-electron chi connectivity index (χ1n) is 9.91. The predicted molar refractivity (Wildman–Crippen MR) is 121 cm³/mol. The second-order valence-electron chi connectivity index (χ2n) is 7.33. The third kappa shape index (κ3) is 4.48. The molecule has 33 heavy (non-hydrogen) atoms. The number of benzene rings is 3. The number of nitrogens with zero attached hydrogens (tertiary/aromatic N) is 3. The van der Waals surface area contributed by atoms with Crippen molar-refractivity contribution in [2.24, 2.45) is 10.2 Å². The van der Waals surface area contributed by atoms with Crippen LogP contribution in [0.4, 0.5) is 15.8 Å². The lowest BCUT2D eigenvalue weighted by Gasteiger charge is -2.13. The highest BCUT2D eigenvalue weighted by Crippen LogP contribution is 2.27. The fraction of sp³-hybridized carbons (Fsp3) is 0.0833. The number of carbonyl (C=O) groups is 1. The van der Waals surface area contributed by atoms with Crippen LogP contribution in [-0.4, -0.2) is 20.7 Å². The third-order valence-electron chi connectivity index (χ3n) is 5.11. The first-order chi connectivity index (χ1) is 15.9. The van der Waals surface area contributed by atoms with Gasteiger partial charge in [-0.05, 0) is 47.5 Å². The van der Waals surface area contributed by atoms with Crippen molar-refractivity contribution in [3.63, 3.8) is 0 Å². The predicted octanol–water partition coefficient (Wildman–Crippen LogP) is 4.19. The number of hydrogen-bond acceptors (Lipinski definition) is 6. The van der Waals surface area contributed by atoms with Crippen LogP contribution in [0.3, 0.4) is 0 Å². The summed E-state index contributed by atoms with van der Waals surface area (Å²) < 4.78 is 16.2. The molecule has 0 spiro atoms. The lowest BCUT2D eigenvalue weighted by Crippen LogP contribution is -2.18. The van der Waals surface area contributed by atoms with Crippen LogP contribution in [-0.2, 0) is 13.2 Å². The Morgan fingerprint density at radius 1 is 1.03 bits per heavy atom. The van der Waals surface area contributed by atoms with Crippen LogP contribution in [0.15, 0.2) is 81.9 Å². The molecule has 166 valence electrons. The highest BCUT2D eigenvalue weighted by atomic mass is 19.1. The highest BCUT2D eigenvalue weighted by molar-refractivity contribution is 5.94. The van der Waals surface area contributed by atoms with Gasteiger partial charge in [-0.3, -0.25) is 4.79 Å². The summed E-state index contributed by atoms with van der Waals surface area (Å²) in [6.07, 6.45) is 1.19. The molecule has 0 aliphatic rings. The molecule has 0 aliphatic carbocycles. The number of rotatable bonds is 6. The monoisotopic (exact) mass is 446 g/mol. The number of nitrogens with two attached hydrogens (primary N) is 1. The largest absolute Gasteiger partial charge is 0.477 e. The number of nitrogen functional groups attached to an aromatic ring is 1. The van der Waals surface area contributed by atoms with Gasteiger partial charge >= 0.3 is 5.97 Å². The molecule has 0 unspecified atom stereocenters. The minimum absolute atomic E-state index is 0.0661. The maximum atomic E-state index is 14.8. The minimum atomic E-state index is -1.41. The Hall–Kier alpha value is -4.37. The van der Waals surface area contributed by atoms with Gasteiger partial charge in [0.2, 0.25) is 5.43 Å². The molecule has 0 saturated heterocycles. The first-order valence-corrected chi connectivity index (χ1v) is 9.91. The van der Waals surface area contributed by atoms with Gasteiger partial charge in [0.25, 0.3) is 0 Å². The van der Waals surface area contributed by atoms with E-state index in [1.54, 1.807) is 48.5 Å². The van der Waals surface area contributed by atoms with Gasteiger partial charge in [0.15, 0.2) is 5.82 Å². The molecule has 0 bridgehead atoms. The van der Waals surface area contributed by atoms with Gasteiger partial charge in [0.05, 0.1) is 18.7 Å². The number of fused-ring (bicyclic) bond motifs is 1. The summed E-state index contributed by atoms with van der Waals surface area (Å²) in [6.45, 7) is 0.120. The number of anilines is 1. The Labute approximate surface area is 187 Å². The summed E-state index contributed by atoms with van der Waals surface area (Å²) in [5, 5.41) is 26.5. The number of hydrogen-bond donors (Lipinski definition) is 3. The van der Waals surface area contributed by atoms with Crippen LogP contribution in [0, 0.1) is 5.82 Å². The Balaban J connectivity index is 1.80. The van der Waals surface area contributed by atoms with Crippen molar-refractivity contribution in [2.75, 3.05) is 5.73 Å². The number of pyridine rings is 1. The first kappa shape index (κ1) is 21.8. The number of carboxylic acids is 1. The van der Waals surface area contributed by atoms with E-state index in [1.165, 1.54) is 16.8 Å². The molecule has 1 aromatic heterocycles.